The van der Waals surface area contributed by atoms with E-state index in [1.807, 2.05) is 0 Å². The second-order valence-corrected chi connectivity index (χ2v) is 7.05. The predicted octanol–water partition coefficient (Wildman–Crippen LogP) is 2.50. The van der Waals surface area contributed by atoms with Crippen molar-refractivity contribution in [2.24, 2.45) is 10.8 Å². The number of fused-ring (bicyclic) bond motifs is 2. The van der Waals surface area contributed by atoms with E-state index in [-0.39, 0.29) is 23.0 Å². The minimum atomic E-state index is -0.207. The van der Waals surface area contributed by atoms with E-state index in [4.69, 9.17) is 14.3 Å². The van der Waals surface area contributed by atoms with Crippen LogP contribution >= 0.6 is 0 Å². The van der Waals surface area contributed by atoms with Gasteiger partial charge in [-0.15, -0.1) is 0 Å². The first kappa shape index (κ1) is 15.3. The second-order valence-electron chi connectivity index (χ2n) is 7.05. The Labute approximate surface area is 126 Å². The maximum absolute atomic E-state index is 12.5. The zero-order valence-electron chi connectivity index (χ0n) is 13.2. The van der Waals surface area contributed by atoms with Crippen molar-refractivity contribution in [3.8, 4) is 0 Å². The monoisotopic (exact) mass is 297 g/mol. The van der Waals surface area contributed by atoms with Crippen molar-refractivity contribution >= 4 is 5.91 Å². The van der Waals surface area contributed by atoms with Gasteiger partial charge in [0, 0.05) is 13.7 Å². The van der Waals surface area contributed by atoms with Gasteiger partial charge in [-0.05, 0) is 56.8 Å². The third-order valence-electron chi connectivity index (χ3n) is 5.71. The molecule has 1 atom stereocenters. The van der Waals surface area contributed by atoms with Crippen molar-refractivity contribution in [3.63, 3.8) is 0 Å². The summed E-state index contributed by atoms with van der Waals surface area (Å²) >= 11 is 0. The molecule has 3 fully saturated rings. The molecule has 1 unspecified atom stereocenters. The third-order valence-corrected chi connectivity index (χ3v) is 5.71. The van der Waals surface area contributed by atoms with Gasteiger partial charge in [0.05, 0.1) is 19.1 Å². The molecular formula is C16H27NO4. The number of carbonyl (C=O) groups excluding carboxylic acids is 1. The Morgan fingerprint density at radius 2 is 2.05 bits per heavy atom. The lowest BCUT2D eigenvalue weighted by Crippen LogP contribution is -2.38. The van der Waals surface area contributed by atoms with Crippen LogP contribution in [0.25, 0.3) is 0 Å². The van der Waals surface area contributed by atoms with Gasteiger partial charge in [0.25, 0.3) is 5.91 Å². The molecule has 21 heavy (non-hydrogen) atoms. The highest BCUT2D eigenvalue weighted by Crippen LogP contribution is 2.62. The molecule has 5 heteroatoms. The molecule has 5 nitrogen and oxygen atoms in total. The van der Waals surface area contributed by atoms with Crippen LogP contribution in [0.15, 0.2) is 0 Å². The lowest BCUT2D eigenvalue weighted by Gasteiger charge is -2.30. The molecule has 1 aliphatic heterocycles. The first-order chi connectivity index (χ1) is 10.1. The number of rotatable bonds is 5. The highest BCUT2D eigenvalue weighted by molar-refractivity contribution is 5.82. The number of amides is 1. The van der Waals surface area contributed by atoms with Crippen LogP contribution in [0.2, 0.25) is 0 Å². The largest absolute Gasteiger partial charge is 0.353 e. The van der Waals surface area contributed by atoms with Gasteiger partial charge in [0.15, 0.2) is 6.29 Å². The van der Waals surface area contributed by atoms with E-state index in [0.29, 0.717) is 0 Å². The van der Waals surface area contributed by atoms with Crippen LogP contribution in [0, 0.1) is 10.8 Å². The van der Waals surface area contributed by atoms with Crippen LogP contribution < -0.4 is 0 Å². The molecule has 3 aliphatic rings. The molecule has 1 saturated heterocycles. The summed E-state index contributed by atoms with van der Waals surface area (Å²) in [7, 11) is 3.26. The minimum Gasteiger partial charge on any atom is -0.353 e. The molecule has 2 aliphatic carbocycles. The lowest BCUT2D eigenvalue weighted by atomic mass is 9.82. The van der Waals surface area contributed by atoms with Crippen LogP contribution in [0.5, 0.6) is 0 Å². The fourth-order valence-corrected chi connectivity index (χ4v) is 4.34. The van der Waals surface area contributed by atoms with Crippen molar-refractivity contribution < 1.29 is 19.1 Å². The molecule has 0 aromatic heterocycles. The number of hydrogen-bond donors (Lipinski definition) is 0. The van der Waals surface area contributed by atoms with Gasteiger partial charge in [-0.25, -0.2) is 5.06 Å². The van der Waals surface area contributed by atoms with Crippen LogP contribution in [0.4, 0.5) is 0 Å². The number of hydroxylamine groups is 2. The summed E-state index contributed by atoms with van der Waals surface area (Å²) in [5.74, 6) is 0.137. The van der Waals surface area contributed by atoms with Gasteiger partial charge in [-0.3, -0.25) is 9.63 Å². The average Bonchev–Trinajstić information content (AvgIpc) is 3.10. The molecule has 1 amide bonds. The number of carbonyl (C=O) groups is 1. The summed E-state index contributed by atoms with van der Waals surface area (Å²) < 4.78 is 11.7. The van der Waals surface area contributed by atoms with Gasteiger partial charge < -0.3 is 9.47 Å². The minimum absolute atomic E-state index is 0.0268. The molecule has 2 saturated carbocycles. The number of nitrogens with zero attached hydrogens (tertiary/aromatic N) is 1. The maximum Gasteiger partial charge on any atom is 0.252 e. The summed E-state index contributed by atoms with van der Waals surface area (Å²) in [4.78, 5) is 17.6. The van der Waals surface area contributed by atoms with Crippen molar-refractivity contribution in [1.82, 2.24) is 5.06 Å². The summed E-state index contributed by atoms with van der Waals surface area (Å²) in [5, 5.41) is 1.40. The fourth-order valence-electron chi connectivity index (χ4n) is 4.34. The Bertz CT molecular complexity index is 384. The maximum atomic E-state index is 12.5. The first-order valence-electron chi connectivity index (χ1n) is 8.15. The van der Waals surface area contributed by atoms with Crippen molar-refractivity contribution in [1.29, 1.82) is 0 Å². The van der Waals surface area contributed by atoms with Gasteiger partial charge in [-0.2, -0.15) is 0 Å². The van der Waals surface area contributed by atoms with Crippen LogP contribution in [-0.2, 0) is 19.1 Å². The van der Waals surface area contributed by atoms with Gasteiger partial charge >= 0.3 is 0 Å². The van der Waals surface area contributed by atoms with E-state index < -0.39 is 0 Å². The molecule has 0 N–H and O–H groups in total. The number of hydrogen-bond acceptors (Lipinski definition) is 4. The highest BCUT2D eigenvalue weighted by Gasteiger charge is 2.58. The Kier molecular flexibility index (Phi) is 4.26. The van der Waals surface area contributed by atoms with E-state index in [1.54, 1.807) is 14.2 Å². The molecule has 0 aromatic carbocycles. The predicted molar refractivity (Wildman–Crippen MR) is 77.3 cm³/mol. The normalized spacial score (nSPS) is 38.7. The van der Waals surface area contributed by atoms with E-state index in [1.165, 1.54) is 11.5 Å². The molecule has 2 bridgehead atoms. The Morgan fingerprint density at radius 3 is 2.67 bits per heavy atom. The zero-order chi connectivity index (χ0) is 14.9. The van der Waals surface area contributed by atoms with Gasteiger partial charge in [0.1, 0.15) is 0 Å². The topological polar surface area (TPSA) is 48.0 Å². The molecule has 120 valence electrons. The number of ether oxygens (including phenoxy) is 2. The van der Waals surface area contributed by atoms with Crippen molar-refractivity contribution in [2.75, 3.05) is 27.4 Å². The lowest BCUT2D eigenvalue weighted by molar-refractivity contribution is -0.180. The summed E-state index contributed by atoms with van der Waals surface area (Å²) in [5.41, 5.74) is -0.0212. The van der Waals surface area contributed by atoms with E-state index in [0.717, 1.165) is 58.2 Å². The zero-order valence-corrected chi connectivity index (χ0v) is 13.2. The van der Waals surface area contributed by atoms with Crippen LogP contribution in [0.3, 0.4) is 0 Å². The van der Waals surface area contributed by atoms with Gasteiger partial charge in [0.2, 0.25) is 0 Å². The molecule has 0 aromatic rings. The Morgan fingerprint density at radius 1 is 1.29 bits per heavy atom. The standard InChI is InChI=1S/C16H27NO4/c1-17(19-2)14(18)16-8-6-15(11-16,7-9-16)12-21-13-5-3-4-10-20-13/h13H,3-12H2,1-2H3. The summed E-state index contributed by atoms with van der Waals surface area (Å²) in [6.07, 6.45) is 8.37. The fraction of sp³-hybridized carbons (Fsp3) is 0.938. The molecule has 1 heterocycles. The molecule has 0 radical (unpaired) electrons. The second kappa shape index (κ2) is 5.86. The van der Waals surface area contributed by atoms with E-state index >= 15 is 0 Å². The third kappa shape index (κ3) is 2.83. The summed E-state index contributed by atoms with van der Waals surface area (Å²) in [6, 6.07) is 0. The van der Waals surface area contributed by atoms with Crippen LogP contribution in [0.1, 0.15) is 51.4 Å². The highest BCUT2D eigenvalue weighted by atomic mass is 16.7. The quantitative estimate of drug-likeness (QED) is 0.732. The van der Waals surface area contributed by atoms with Crippen LogP contribution in [-0.4, -0.2) is 44.6 Å². The van der Waals surface area contributed by atoms with Crippen molar-refractivity contribution in [2.45, 2.75) is 57.7 Å². The summed E-state index contributed by atoms with van der Waals surface area (Å²) in [6.45, 7) is 1.56. The SMILES string of the molecule is CON(C)C(=O)C12CCC(COC3CCCCO3)(CC1)C2. The molecule has 0 spiro atoms. The van der Waals surface area contributed by atoms with Gasteiger partial charge in [-0.1, -0.05) is 0 Å². The molecular weight excluding hydrogens is 270 g/mol. The Balaban J connectivity index is 1.57. The van der Waals surface area contributed by atoms with Crippen molar-refractivity contribution in [3.05, 3.63) is 0 Å². The Hall–Kier alpha value is -0.650. The average molecular weight is 297 g/mol. The first-order valence-corrected chi connectivity index (χ1v) is 8.15. The smallest absolute Gasteiger partial charge is 0.252 e. The van der Waals surface area contributed by atoms with E-state index in [2.05, 4.69) is 0 Å². The molecule has 3 rings (SSSR count). The van der Waals surface area contributed by atoms with E-state index in [9.17, 15) is 4.79 Å².